The van der Waals surface area contributed by atoms with E-state index in [9.17, 15) is 9.59 Å². The van der Waals surface area contributed by atoms with E-state index in [4.69, 9.17) is 0 Å². The van der Waals surface area contributed by atoms with Crippen LogP contribution in [0.25, 0.3) is 6.08 Å². The molecule has 0 N–H and O–H groups in total. The van der Waals surface area contributed by atoms with E-state index >= 15 is 0 Å². The average molecular weight is 318 g/mol. The number of carbonyl (C=O) groups excluding carboxylic acids is 2. The van der Waals surface area contributed by atoms with Gasteiger partial charge in [-0.05, 0) is 48.5 Å². The van der Waals surface area contributed by atoms with Gasteiger partial charge in [-0.2, -0.15) is 0 Å². The molecule has 0 bridgehead atoms. The van der Waals surface area contributed by atoms with E-state index < -0.39 is 0 Å². The summed E-state index contributed by atoms with van der Waals surface area (Å²) >= 11 is 1.00. The van der Waals surface area contributed by atoms with E-state index in [2.05, 4.69) is 32.9 Å². The molecule has 22 heavy (non-hydrogen) atoms. The molecule has 1 aliphatic rings. The molecule has 2 amide bonds. The minimum Gasteiger partial charge on any atom is -0.292 e. The lowest BCUT2D eigenvalue weighted by molar-refractivity contribution is -0.123. The highest BCUT2D eigenvalue weighted by molar-refractivity contribution is 8.18. The van der Waals surface area contributed by atoms with E-state index in [1.807, 2.05) is 26.2 Å². The Morgan fingerprint density at radius 2 is 1.73 bits per heavy atom. The molecular weight excluding hydrogens is 296 g/mol. The molecule has 5 heteroatoms. The van der Waals surface area contributed by atoms with Gasteiger partial charge >= 0.3 is 0 Å². The average Bonchev–Trinajstić information content (AvgIpc) is 2.66. The van der Waals surface area contributed by atoms with Gasteiger partial charge in [0.15, 0.2) is 0 Å². The maximum absolute atomic E-state index is 12.3. The molecule has 1 aromatic carbocycles. The monoisotopic (exact) mass is 318 g/mol. The number of thioether (sulfide) groups is 1. The van der Waals surface area contributed by atoms with Gasteiger partial charge in [-0.1, -0.05) is 45.0 Å². The van der Waals surface area contributed by atoms with Crippen molar-refractivity contribution in [1.82, 2.24) is 9.80 Å². The third-order valence-electron chi connectivity index (χ3n) is 3.37. The molecule has 2 rings (SSSR count). The number of rotatable bonds is 3. The Balaban J connectivity index is 2.20. The Kier molecular flexibility index (Phi) is 4.78. The van der Waals surface area contributed by atoms with Crippen LogP contribution in [0.15, 0.2) is 29.2 Å². The molecule has 1 saturated heterocycles. The van der Waals surface area contributed by atoms with Gasteiger partial charge in [-0.25, -0.2) is 0 Å². The zero-order chi connectivity index (χ0) is 16.5. The van der Waals surface area contributed by atoms with Crippen LogP contribution in [0.3, 0.4) is 0 Å². The van der Waals surface area contributed by atoms with Gasteiger partial charge in [0.1, 0.15) is 0 Å². The molecule has 0 aliphatic carbocycles. The number of imide groups is 1. The maximum atomic E-state index is 12.3. The van der Waals surface area contributed by atoms with Gasteiger partial charge in [-0.3, -0.25) is 19.4 Å². The minimum absolute atomic E-state index is 0.0993. The van der Waals surface area contributed by atoms with E-state index in [0.29, 0.717) is 11.6 Å². The van der Waals surface area contributed by atoms with Crippen LogP contribution in [0.5, 0.6) is 0 Å². The molecule has 0 atom stereocenters. The molecule has 0 aromatic heterocycles. The van der Waals surface area contributed by atoms with Crippen molar-refractivity contribution < 1.29 is 9.59 Å². The summed E-state index contributed by atoms with van der Waals surface area (Å²) in [4.78, 5) is 27.7. The fourth-order valence-electron chi connectivity index (χ4n) is 2.14. The first-order valence-electron chi connectivity index (χ1n) is 7.19. The second-order valence-electron chi connectivity index (χ2n) is 6.70. The summed E-state index contributed by atoms with van der Waals surface area (Å²) in [5, 5.41) is -0.212. The number of hydrogen-bond donors (Lipinski definition) is 0. The first-order valence-corrected chi connectivity index (χ1v) is 8.01. The molecule has 118 valence electrons. The van der Waals surface area contributed by atoms with Gasteiger partial charge in [0.05, 0.1) is 11.6 Å². The molecule has 1 heterocycles. The lowest BCUT2D eigenvalue weighted by atomic mass is 9.87. The van der Waals surface area contributed by atoms with Crippen LogP contribution in [-0.2, 0) is 10.2 Å². The lowest BCUT2D eigenvalue weighted by Crippen LogP contribution is -2.36. The second-order valence-corrected chi connectivity index (χ2v) is 7.70. The summed E-state index contributed by atoms with van der Waals surface area (Å²) in [6.45, 7) is 6.79. The molecule has 1 aliphatic heterocycles. The van der Waals surface area contributed by atoms with Crippen molar-refractivity contribution in [3.05, 3.63) is 40.3 Å². The van der Waals surface area contributed by atoms with Gasteiger partial charge in [0, 0.05) is 0 Å². The summed E-state index contributed by atoms with van der Waals surface area (Å²) < 4.78 is 0. The van der Waals surface area contributed by atoms with Gasteiger partial charge in [0.2, 0.25) is 0 Å². The van der Waals surface area contributed by atoms with Gasteiger partial charge in [-0.15, -0.1) is 0 Å². The Morgan fingerprint density at radius 3 is 2.23 bits per heavy atom. The maximum Gasteiger partial charge on any atom is 0.294 e. The van der Waals surface area contributed by atoms with E-state index in [-0.39, 0.29) is 16.6 Å². The Hall–Kier alpha value is -1.59. The molecule has 1 aromatic rings. The Morgan fingerprint density at radius 1 is 1.14 bits per heavy atom. The summed E-state index contributed by atoms with van der Waals surface area (Å²) in [5.41, 5.74) is 2.27. The van der Waals surface area contributed by atoms with Crippen molar-refractivity contribution in [2.45, 2.75) is 26.2 Å². The third kappa shape index (κ3) is 3.78. The number of nitrogens with zero attached hydrogens (tertiary/aromatic N) is 2. The molecule has 0 unspecified atom stereocenters. The van der Waals surface area contributed by atoms with Crippen molar-refractivity contribution in [3.8, 4) is 0 Å². The smallest absolute Gasteiger partial charge is 0.292 e. The Bertz CT molecular complexity index is 613. The normalized spacial score (nSPS) is 17.9. The van der Waals surface area contributed by atoms with E-state index in [0.717, 1.165) is 17.3 Å². The Labute approximate surface area is 136 Å². The minimum atomic E-state index is -0.219. The summed E-state index contributed by atoms with van der Waals surface area (Å²) in [6.07, 6.45) is 1.78. The van der Waals surface area contributed by atoms with Crippen molar-refractivity contribution in [3.63, 3.8) is 0 Å². The highest BCUT2D eigenvalue weighted by Crippen LogP contribution is 2.32. The summed E-state index contributed by atoms with van der Waals surface area (Å²) in [7, 11) is 3.66. The quantitative estimate of drug-likeness (QED) is 0.799. The first-order chi connectivity index (χ1) is 10.2. The van der Waals surface area contributed by atoms with Crippen LogP contribution < -0.4 is 0 Å². The topological polar surface area (TPSA) is 40.6 Å². The zero-order valence-corrected chi connectivity index (χ0v) is 14.5. The molecule has 0 saturated carbocycles. The van der Waals surface area contributed by atoms with Crippen molar-refractivity contribution in [2.24, 2.45) is 0 Å². The largest absolute Gasteiger partial charge is 0.294 e. The number of hydrogen-bond acceptors (Lipinski definition) is 4. The lowest BCUT2D eigenvalue weighted by Gasteiger charge is -2.18. The van der Waals surface area contributed by atoms with Crippen LogP contribution in [-0.4, -0.2) is 41.7 Å². The van der Waals surface area contributed by atoms with Crippen molar-refractivity contribution >= 4 is 29.0 Å². The number of amides is 2. The zero-order valence-electron chi connectivity index (χ0n) is 13.7. The van der Waals surface area contributed by atoms with E-state index in [1.165, 1.54) is 10.5 Å². The predicted molar refractivity (Wildman–Crippen MR) is 91.5 cm³/mol. The number of benzene rings is 1. The SMILES string of the molecule is CN(C)CN1C(=O)S/C(=C\c2ccc(C(C)(C)C)cc2)C1=O. The molecule has 0 radical (unpaired) electrons. The highest BCUT2D eigenvalue weighted by Gasteiger charge is 2.35. The van der Waals surface area contributed by atoms with Crippen molar-refractivity contribution in [2.75, 3.05) is 20.8 Å². The van der Waals surface area contributed by atoms with Gasteiger partial charge in [0.25, 0.3) is 11.1 Å². The number of carbonyl (C=O) groups is 2. The second kappa shape index (κ2) is 6.26. The predicted octanol–water partition coefficient (Wildman–Crippen LogP) is 3.54. The molecular formula is C17H22N2O2S. The molecule has 4 nitrogen and oxygen atoms in total. The van der Waals surface area contributed by atoms with Crippen LogP contribution >= 0.6 is 11.8 Å². The van der Waals surface area contributed by atoms with Crippen molar-refractivity contribution in [1.29, 1.82) is 0 Å². The molecule has 1 fully saturated rings. The van der Waals surface area contributed by atoms with Crippen LogP contribution in [0.1, 0.15) is 31.9 Å². The van der Waals surface area contributed by atoms with Crippen LogP contribution in [0.4, 0.5) is 4.79 Å². The summed E-state index contributed by atoms with van der Waals surface area (Å²) in [5.74, 6) is -0.219. The highest BCUT2D eigenvalue weighted by atomic mass is 32.2. The first kappa shape index (κ1) is 16.8. The molecule has 0 spiro atoms. The van der Waals surface area contributed by atoms with Crippen LogP contribution in [0, 0.1) is 0 Å². The fraction of sp³-hybridized carbons (Fsp3) is 0.412. The standard InChI is InChI=1S/C17H22N2O2S/c1-17(2,3)13-8-6-12(7-9-13)10-14-15(20)19(11-18(4)5)16(21)22-14/h6-10H,11H2,1-5H3/b14-10-. The van der Waals surface area contributed by atoms with Crippen LogP contribution in [0.2, 0.25) is 0 Å². The third-order valence-corrected chi connectivity index (χ3v) is 4.28. The summed E-state index contributed by atoms with van der Waals surface area (Å²) in [6, 6.07) is 8.10. The van der Waals surface area contributed by atoms with Gasteiger partial charge < -0.3 is 0 Å². The van der Waals surface area contributed by atoms with E-state index in [1.54, 1.807) is 11.0 Å². The fourth-order valence-corrected chi connectivity index (χ4v) is 2.97.